The Kier molecular flexibility index (Phi) is 4.63. The van der Waals surface area contributed by atoms with Gasteiger partial charge in [-0.2, -0.15) is 0 Å². The van der Waals surface area contributed by atoms with Crippen LogP contribution >= 0.6 is 0 Å². The van der Waals surface area contributed by atoms with Gasteiger partial charge in [-0.1, -0.05) is 6.92 Å². The number of aliphatic hydroxyl groups is 1. The number of benzene rings is 1. The summed E-state index contributed by atoms with van der Waals surface area (Å²) >= 11 is 0. The average Bonchev–Trinajstić information content (AvgIpc) is 2.36. The van der Waals surface area contributed by atoms with Gasteiger partial charge in [-0.15, -0.1) is 0 Å². The summed E-state index contributed by atoms with van der Waals surface area (Å²) in [5.74, 6) is 1.45. The predicted molar refractivity (Wildman–Crippen MR) is 69.0 cm³/mol. The minimum Gasteiger partial charge on any atom is -0.497 e. The molecule has 0 fully saturated rings. The maximum absolute atomic E-state index is 9.92. The number of rotatable bonds is 6. The molecule has 0 aliphatic heterocycles. The molecule has 2 N–H and O–H groups in total. The molecular formula is C13H21NO3. The highest BCUT2D eigenvalue weighted by Crippen LogP contribution is 2.29. The normalized spacial score (nSPS) is 13.9. The Labute approximate surface area is 103 Å². The quantitative estimate of drug-likeness (QED) is 0.799. The Hall–Kier alpha value is -1.42. The van der Waals surface area contributed by atoms with E-state index in [1.807, 2.05) is 25.1 Å². The third kappa shape index (κ3) is 3.82. The molecule has 0 aromatic heterocycles. The summed E-state index contributed by atoms with van der Waals surface area (Å²) in [7, 11) is 3.22. The van der Waals surface area contributed by atoms with Gasteiger partial charge in [-0.3, -0.25) is 0 Å². The van der Waals surface area contributed by atoms with Crippen LogP contribution in [0.25, 0.3) is 0 Å². The lowest BCUT2D eigenvalue weighted by molar-refractivity contribution is 0.0697. The fourth-order valence-electron chi connectivity index (χ4n) is 1.36. The van der Waals surface area contributed by atoms with E-state index in [1.165, 1.54) is 0 Å². The van der Waals surface area contributed by atoms with Crippen molar-refractivity contribution in [2.45, 2.75) is 25.9 Å². The van der Waals surface area contributed by atoms with Crippen molar-refractivity contribution in [1.82, 2.24) is 0 Å². The van der Waals surface area contributed by atoms with Gasteiger partial charge in [0.15, 0.2) is 0 Å². The molecule has 0 saturated carbocycles. The van der Waals surface area contributed by atoms with Gasteiger partial charge in [0, 0.05) is 12.6 Å². The van der Waals surface area contributed by atoms with Gasteiger partial charge >= 0.3 is 0 Å². The molecule has 0 amide bonds. The van der Waals surface area contributed by atoms with Crippen LogP contribution in [-0.4, -0.2) is 31.5 Å². The summed E-state index contributed by atoms with van der Waals surface area (Å²) in [6.07, 6.45) is 0.693. The molecule has 17 heavy (non-hydrogen) atoms. The van der Waals surface area contributed by atoms with E-state index >= 15 is 0 Å². The second-order valence-corrected chi connectivity index (χ2v) is 4.27. The molecule has 1 aromatic rings. The van der Waals surface area contributed by atoms with Crippen LogP contribution in [0.3, 0.4) is 0 Å². The lowest BCUT2D eigenvalue weighted by atomic mass is 10.0. The fraction of sp³-hybridized carbons (Fsp3) is 0.538. The van der Waals surface area contributed by atoms with Crippen molar-refractivity contribution >= 4 is 5.69 Å². The summed E-state index contributed by atoms with van der Waals surface area (Å²) in [5, 5.41) is 13.1. The number of ether oxygens (including phenoxy) is 2. The van der Waals surface area contributed by atoms with Crippen molar-refractivity contribution in [3.63, 3.8) is 0 Å². The zero-order chi connectivity index (χ0) is 12.9. The van der Waals surface area contributed by atoms with Gasteiger partial charge in [0.05, 0.1) is 25.5 Å². The molecule has 0 spiro atoms. The van der Waals surface area contributed by atoms with Gasteiger partial charge in [0.1, 0.15) is 11.5 Å². The van der Waals surface area contributed by atoms with Gasteiger partial charge < -0.3 is 19.9 Å². The highest BCUT2D eigenvalue weighted by molar-refractivity contribution is 5.59. The lowest BCUT2D eigenvalue weighted by Crippen LogP contribution is -2.32. The number of methoxy groups -OCH3 is 2. The number of anilines is 1. The maximum Gasteiger partial charge on any atom is 0.145 e. The lowest BCUT2D eigenvalue weighted by Gasteiger charge is -2.23. The molecule has 4 nitrogen and oxygen atoms in total. The summed E-state index contributed by atoms with van der Waals surface area (Å²) in [4.78, 5) is 0. The predicted octanol–water partition coefficient (Wildman–Crippen LogP) is 2.28. The Morgan fingerprint density at radius 3 is 2.53 bits per heavy atom. The Bertz CT molecular complexity index is 364. The third-order valence-electron chi connectivity index (χ3n) is 2.83. The van der Waals surface area contributed by atoms with Crippen molar-refractivity contribution in [1.29, 1.82) is 0 Å². The van der Waals surface area contributed by atoms with Gasteiger partial charge in [0.2, 0.25) is 0 Å². The molecule has 0 bridgehead atoms. The highest BCUT2D eigenvalue weighted by Gasteiger charge is 2.17. The first kappa shape index (κ1) is 13.6. The van der Waals surface area contributed by atoms with Crippen molar-refractivity contribution in [3.8, 4) is 11.5 Å². The molecule has 1 aromatic carbocycles. The van der Waals surface area contributed by atoms with Crippen LogP contribution in [-0.2, 0) is 0 Å². The van der Waals surface area contributed by atoms with Crippen LogP contribution in [0.1, 0.15) is 20.3 Å². The van der Waals surface area contributed by atoms with Crippen LogP contribution < -0.4 is 14.8 Å². The second kappa shape index (κ2) is 5.77. The van der Waals surface area contributed by atoms with E-state index in [0.717, 1.165) is 11.4 Å². The van der Waals surface area contributed by atoms with E-state index < -0.39 is 5.60 Å². The molecule has 1 unspecified atom stereocenters. The molecule has 1 atom stereocenters. The molecule has 4 heteroatoms. The molecule has 0 aliphatic carbocycles. The number of nitrogens with one attached hydrogen (secondary N) is 1. The minimum absolute atomic E-state index is 0.478. The van der Waals surface area contributed by atoms with Crippen molar-refractivity contribution < 1.29 is 14.6 Å². The molecule has 0 saturated heterocycles. The van der Waals surface area contributed by atoms with Gasteiger partial charge in [-0.25, -0.2) is 0 Å². The largest absolute Gasteiger partial charge is 0.497 e. The molecule has 96 valence electrons. The summed E-state index contributed by atoms with van der Waals surface area (Å²) in [5.41, 5.74) is 0.132. The van der Waals surface area contributed by atoms with E-state index in [4.69, 9.17) is 9.47 Å². The van der Waals surface area contributed by atoms with Crippen LogP contribution in [0.4, 0.5) is 5.69 Å². The van der Waals surface area contributed by atoms with Crippen LogP contribution in [0.5, 0.6) is 11.5 Å². The van der Waals surface area contributed by atoms with Crippen LogP contribution in [0, 0.1) is 0 Å². The van der Waals surface area contributed by atoms with Crippen molar-refractivity contribution in [2.24, 2.45) is 0 Å². The number of hydrogen-bond acceptors (Lipinski definition) is 4. The molecule has 0 aliphatic rings. The van der Waals surface area contributed by atoms with E-state index in [9.17, 15) is 5.11 Å². The van der Waals surface area contributed by atoms with Crippen molar-refractivity contribution in [3.05, 3.63) is 18.2 Å². The Balaban J connectivity index is 2.77. The van der Waals surface area contributed by atoms with Gasteiger partial charge in [-0.05, 0) is 25.5 Å². The van der Waals surface area contributed by atoms with E-state index in [1.54, 1.807) is 21.1 Å². The molecular weight excluding hydrogens is 218 g/mol. The second-order valence-electron chi connectivity index (χ2n) is 4.27. The van der Waals surface area contributed by atoms with Crippen LogP contribution in [0.2, 0.25) is 0 Å². The SMILES string of the molecule is CCC(C)(O)CNc1ccc(OC)cc1OC. The first-order chi connectivity index (χ1) is 8.02. The highest BCUT2D eigenvalue weighted by atomic mass is 16.5. The van der Waals surface area contributed by atoms with Gasteiger partial charge in [0.25, 0.3) is 0 Å². The standard InChI is InChI=1S/C13H21NO3/c1-5-13(2,15)9-14-11-7-6-10(16-3)8-12(11)17-4/h6-8,14-15H,5,9H2,1-4H3. The maximum atomic E-state index is 9.92. The number of hydrogen-bond donors (Lipinski definition) is 2. The summed E-state index contributed by atoms with van der Waals surface area (Å²) in [6, 6.07) is 5.54. The van der Waals surface area contributed by atoms with Crippen LogP contribution in [0.15, 0.2) is 18.2 Å². The first-order valence-corrected chi connectivity index (χ1v) is 5.70. The monoisotopic (exact) mass is 239 g/mol. The van der Waals surface area contributed by atoms with E-state index in [-0.39, 0.29) is 0 Å². The molecule has 0 heterocycles. The smallest absolute Gasteiger partial charge is 0.145 e. The Morgan fingerprint density at radius 1 is 1.29 bits per heavy atom. The molecule has 1 rings (SSSR count). The van der Waals surface area contributed by atoms with Crippen molar-refractivity contribution in [2.75, 3.05) is 26.1 Å². The first-order valence-electron chi connectivity index (χ1n) is 5.70. The fourth-order valence-corrected chi connectivity index (χ4v) is 1.36. The summed E-state index contributed by atoms with van der Waals surface area (Å²) in [6.45, 7) is 4.23. The van der Waals surface area contributed by atoms with E-state index in [0.29, 0.717) is 18.7 Å². The minimum atomic E-state index is -0.717. The van der Waals surface area contributed by atoms with E-state index in [2.05, 4.69) is 5.32 Å². The zero-order valence-electron chi connectivity index (χ0n) is 10.9. The Morgan fingerprint density at radius 2 is 2.00 bits per heavy atom. The molecule has 0 radical (unpaired) electrons. The topological polar surface area (TPSA) is 50.7 Å². The third-order valence-corrected chi connectivity index (χ3v) is 2.83. The zero-order valence-corrected chi connectivity index (χ0v) is 10.9. The summed E-state index contributed by atoms with van der Waals surface area (Å²) < 4.78 is 10.4. The average molecular weight is 239 g/mol.